The molecule has 3 atom stereocenters. The van der Waals surface area contributed by atoms with E-state index in [-0.39, 0.29) is 36.7 Å². The molecule has 242 valence electrons. The van der Waals surface area contributed by atoms with Gasteiger partial charge in [0.2, 0.25) is 0 Å². The Balaban J connectivity index is 1.13. The molecule has 4 aromatic carbocycles. The first-order chi connectivity index (χ1) is 22.9. The van der Waals surface area contributed by atoms with Gasteiger partial charge in [0.1, 0.15) is 11.6 Å². The Bertz CT molecular complexity index is 1740. The zero-order valence-corrected chi connectivity index (χ0v) is 27.5. The van der Waals surface area contributed by atoms with Crippen LogP contribution in [0.4, 0.5) is 0 Å². The molecule has 47 heavy (non-hydrogen) atoms. The van der Waals surface area contributed by atoms with E-state index < -0.39 is 11.9 Å². The number of ether oxygens (including phenoxy) is 2. The summed E-state index contributed by atoms with van der Waals surface area (Å²) in [7, 11) is 1.37. The molecule has 1 aromatic heterocycles. The maximum Gasteiger partial charge on any atom is 0.306 e. The van der Waals surface area contributed by atoms with Crippen molar-refractivity contribution in [1.29, 1.82) is 0 Å². The molecule has 6 rings (SSSR count). The van der Waals surface area contributed by atoms with Gasteiger partial charge >= 0.3 is 5.97 Å². The van der Waals surface area contributed by atoms with E-state index in [9.17, 15) is 9.59 Å². The molecule has 0 spiro atoms. The average Bonchev–Trinajstić information content (AvgIpc) is 3.51. The number of rotatable bonds is 12. The zero-order valence-electron chi connectivity index (χ0n) is 26.7. The number of imidazole rings is 1. The van der Waals surface area contributed by atoms with Gasteiger partial charge in [-0.25, -0.2) is 4.98 Å². The summed E-state index contributed by atoms with van der Waals surface area (Å²) < 4.78 is 11.4. The Morgan fingerprint density at radius 2 is 1.62 bits per heavy atom. The Labute approximate surface area is 280 Å². The zero-order chi connectivity index (χ0) is 32.8. The second kappa shape index (κ2) is 15.1. The molecule has 2 heterocycles. The molecule has 7 nitrogen and oxygen atoms in total. The van der Waals surface area contributed by atoms with Crippen LogP contribution in [0.1, 0.15) is 58.4 Å². The van der Waals surface area contributed by atoms with Crippen molar-refractivity contribution in [3.05, 3.63) is 136 Å². The summed E-state index contributed by atoms with van der Waals surface area (Å²) in [5.74, 6) is -0.397. The minimum Gasteiger partial charge on any atom is -0.469 e. The summed E-state index contributed by atoms with van der Waals surface area (Å²) in [5, 5.41) is 4.30. The third-order valence-electron chi connectivity index (χ3n) is 9.17. The van der Waals surface area contributed by atoms with Gasteiger partial charge in [-0.1, -0.05) is 96.5 Å². The lowest BCUT2D eigenvalue weighted by Gasteiger charge is -2.29. The molecule has 0 unspecified atom stereocenters. The second-order valence-corrected chi connectivity index (χ2v) is 12.7. The monoisotopic (exact) mass is 649 g/mol. The molecule has 5 aromatic rings. The number of carbonyl (C=O) groups is 2. The molecular weight excluding hydrogens is 610 g/mol. The normalized spacial score (nSPS) is 17.1. The summed E-state index contributed by atoms with van der Waals surface area (Å²) in [6.07, 6.45) is 1.85. The number of morpholine rings is 1. The van der Waals surface area contributed by atoms with Crippen LogP contribution >= 0.6 is 11.6 Å². The first-order valence-corrected chi connectivity index (χ1v) is 16.5. The lowest BCUT2D eigenvalue weighted by Crippen LogP contribution is -2.41. The molecule has 8 heteroatoms. The number of aryl methyl sites for hydroxylation is 2. The maximum atomic E-state index is 14.2. The quantitative estimate of drug-likeness (QED) is 0.138. The highest BCUT2D eigenvalue weighted by Crippen LogP contribution is 2.36. The number of nitrogens with zero attached hydrogens (tertiary/aromatic N) is 1. The van der Waals surface area contributed by atoms with Crippen LogP contribution in [-0.2, 0) is 31.9 Å². The number of nitrogens with one attached hydrogen (secondary N) is 2. The van der Waals surface area contributed by atoms with Gasteiger partial charge < -0.3 is 19.8 Å². The Hall–Kier alpha value is -4.30. The van der Waals surface area contributed by atoms with Crippen LogP contribution in [-0.4, -0.2) is 48.1 Å². The molecule has 0 radical (unpaired) electrons. The van der Waals surface area contributed by atoms with Crippen LogP contribution < -0.4 is 5.32 Å². The van der Waals surface area contributed by atoms with Gasteiger partial charge in [0.05, 0.1) is 43.3 Å². The number of aromatic amines is 1. The molecule has 1 aliphatic heterocycles. The second-order valence-electron chi connectivity index (χ2n) is 12.3. The molecule has 1 saturated heterocycles. The largest absolute Gasteiger partial charge is 0.469 e. The Morgan fingerprint density at radius 3 is 2.26 bits per heavy atom. The minimum atomic E-state index is -0.582. The van der Waals surface area contributed by atoms with E-state index in [0.717, 1.165) is 57.5 Å². The smallest absolute Gasteiger partial charge is 0.306 e. The van der Waals surface area contributed by atoms with E-state index in [0.29, 0.717) is 18.2 Å². The molecular formula is C39H40ClN3O4. The summed E-state index contributed by atoms with van der Waals surface area (Å²) >= 11 is 6.30. The number of aromatic nitrogens is 2. The number of hydrogen-bond donors (Lipinski definition) is 2. The van der Waals surface area contributed by atoms with Gasteiger partial charge in [-0.05, 0) is 59.7 Å². The van der Waals surface area contributed by atoms with Crippen LogP contribution in [0.5, 0.6) is 0 Å². The topological polar surface area (TPSA) is 93.3 Å². The van der Waals surface area contributed by atoms with Crippen molar-refractivity contribution in [2.75, 3.05) is 20.3 Å². The van der Waals surface area contributed by atoms with E-state index >= 15 is 0 Å². The van der Waals surface area contributed by atoms with Gasteiger partial charge in [0, 0.05) is 29.8 Å². The maximum absolute atomic E-state index is 14.2. The van der Waals surface area contributed by atoms with Crippen LogP contribution in [0.3, 0.4) is 0 Å². The van der Waals surface area contributed by atoms with Crippen molar-refractivity contribution in [3.63, 3.8) is 0 Å². The molecule has 1 fully saturated rings. The highest BCUT2D eigenvalue weighted by Gasteiger charge is 2.33. The number of H-pyrrole nitrogens is 1. The van der Waals surface area contributed by atoms with Crippen LogP contribution in [0.2, 0.25) is 5.02 Å². The number of esters is 1. The summed E-state index contributed by atoms with van der Waals surface area (Å²) in [4.78, 5) is 35.0. The minimum absolute atomic E-state index is 0.00653. The standard InChI is InChI=1S/C39H40ClN3O4/c1-25-19-33-34(22-32(25)40)43-39(42-33)35-24-47-30(23-41-35)18-17-26-11-9-10-16-29(26)20-36(44)31(21-37(45)46-2)38(27-12-5-3-6-13-27)28-14-7-4-8-15-28/h3-16,19,22,30-31,35,38,41H,17-18,20-21,23-24H2,1-2H3,(H,42,43)/t30-,31-,35+/m1/s1. The van der Waals surface area contributed by atoms with Crippen LogP contribution in [0, 0.1) is 12.8 Å². The first-order valence-electron chi connectivity index (χ1n) is 16.2. The number of halogens is 1. The van der Waals surface area contributed by atoms with E-state index in [1.807, 2.05) is 97.9 Å². The van der Waals surface area contributed by atoms with Crippen molar-refractivity contribution in [1.82, 2.24) is 15.3 Å². The molecule has 2 N–H and O–H groups in total. The lowest BCUT2D eigenvalue weighted by atomic mass is 9.75. The number of carbonyl (C=O) groups excluding carboxylic acids is 2. The van der Waals surface area contributed by atoms with Crippen LogP contribution in [0.15, 0.2) is 97.1 Å². The molecule has 0 aliphatic carbocycles. The average molecular weight is 650 g/mol. The van der Waals surface area contributed by atoms with Crippen LogP contribution in [0.25, 0.3) is 11.0 Å². The summed E-state index contributed by atoms with van der Waals surface area (Å²) in [5.41, 5.74) is 6.90. The Kier molecular flexibility index (Phi) is 10.5. The fourth-order valence-electron chi connectivity index (χ4n) is 6.58. The third-order valence-corrected chi connectivity index (χ3v) is 9.57. The van der Waals surface area contributed by atoms with Gasteiger partial charge in [0.25, 0.3) is 0 Å². The van der Waals surface area contributed by atoms with Crippen molar-refractivity contribution >= 4 is 34.4 Å². The SMILES string of the molecule is COC(=O)C[C@H](C(=O)Cc1ccccc1CC[C@@H]1CN[C@H](c2nc3cc(Cl)c(C)cc3[nH]2)CO1)C(c1ccccc1)c1ccccc1. The third kappa shape index (κ3) is 7.82. The van der Waals surface area contributed by atoms with Gasteiger partial charge in [-0.15, -0.1) is 0 Å². The fraction of sp³-hybridized carbons (Fsp3) is 0.308. The number of Topliss-reactive ketones (excluding diaryl/α,β-unsaturated/α-hetero) is 1. The highest BCUT2D eigenvalue weighted by molar-refractivity contribution is 6.32. The number of hydrogen-bond acceptors (Lipinski definition) is 6. The van der Waals surface area contributed by atoms with E-state index in [2.05, 4.69) is 16.4 Å². The molecule has 0 amide bonds. The predicted molar refractivity (Wildman–Crippen MR) is 185 cm³/mol. The number of ketones is 1. The number of fused-ring (bicyclic) bond motifs is 1. The van der Waals surface area contributed by atoms with Crippen molar-refractivity contribution in [2.24, 2.45) is 5.92 Å². The van der Waals surface area contributed by atoms with E-state index in [4.69, 9.17) is 26.1 Å². The van der Waals surface area contributed by atoms with E-state index in [1.165, 1.54) is 7.11 Å². The van der Waals surface area contributed by atoms with Crippen molar-refractivity contribution in [3.8, 4) is 0 Å². The van der Waals surface area contributed by atoms with E-state index in [1.54, 1.807) is 0 Å². The predicted octanol–water partition coefficient (Wildman–Crippen LogP) is 7.31. The Morgan fingerprint density at radius 1 is 0.957 bits per heavy atom. The molecule has 0 bridgehead atoms. The molecule has 0 saturated carbocycles. The molecule has 1 aliphatic rings. The van der Waals surface area contributed by atoms with Gasteiger partial charge in [-0.3, -0.25) is 9.59 Å². The first kappa shape index (κ1) is 32.6. The van der Waals surface area contributed by atoms with Crippen molar-refractivity contribution in [2.45, 2.75) is 50.7 Å². The fourth-order valence-corrected chi connectivity index (χ4v) is 6.73. The highest BCUT2D eigenvalue weighted by atomic mass is 35.5. The van der Waals surface area contributed by atoms with Gasteiger partial charge in [-0.2, -0.15) is 0 Å². The summed E-state index contributed by atoms with van der Waals surface area (Å²) in [6, 6.07) is 31.9. The van der Waals surface area contributed by atoms with Crippen molar-refractivity contribution < 1.29 is 19.1 Å². The number of benzene rings is 4. The van der Waals surface area contributed by atoms with Gasteiger partial charge in [0.15, 0.2) is 0 Å². The number of methoxy groups -OCH3 is 1. The lowest BCUT2D eigenvalue weighted by molar-refractivity contribution is -0.144. The summed E-state index contributed by atoms with van der Waals surface area (Å²) in [6.45, 7) is 3.18.